The van der Waals surface area contributed by atoms with Crippen LogP contribution in [0.5, 0.6) is 0 Å². The third-order valence-corrected chi connectivity index (χ3v) is 8.36. The normalized spacial score (nSPS) is 19.9. The van der Waals surface area contributed by atoms with Gasteiger partial charge in [-0.3, -0.25) is 9.69 Å². The summed E-state index contributed by atoms with van der Waals surface area (Å²) in [4.78, 5) is 27.7. The van der Waals surface area contributed by atoms with Crippen LogP contribution >= 0.6 is 35.1 Å². The van der Waals surface area contributed by atoms with E-state index in [0.29, 0.717) is 5.75 Å². The van der Waals surface area contributed by atoms with E-state index in [9.17, 15) is 9.59 Å². The van der Waals surface area contributed by atoms with Crippen LogP contribution in [-0.2, 0) is 14.3 Å². The van der Waals surface area contributed by atoms with Crippen LogP contribution in [-0.4, -0.2) is 43.5 Å². The molecule has 0 saturated carbocycles. The van der Waals surface area contributed by atoms with Gasteiger partial charge in [0.05, 0.1) is 6.20 Å². The second-order valence-electron chi connectivity index (χ2n) is 7.57. The number of nitrogens with zero attached hydrogens (tertiary/aromatic N) is 3. The van der Waals surface area contributed by atoms with Gasteiger partial charge in [-0.2, -0.15) is 0 Å². The fraction of sp³-hybridized carbons (Fsp3) is 0.167. The van der Waals surface area contributed by atoms with E-state index in [1.54, 1.807) is 18.0 Å². The number of hydrogen-bond acceptors (Lipinski definition) is 9. The van der Waals surface area contributed by atoms with Crippen LogP contribution in [0, 0.1) is 0 Å². The molecule has 1 fully saturated rings. The molecule has 34 heavy (non-hydrogen) atoms. The Bertz CT molecular complexity index is 1190. The SMILES string of the molecule is N[C@@H]1C(=O)N2C(C(=O)OC(c3ccccc3)c3ccccc3)=C(/C=C/Sc3cnns3)CS[C@H]12. The number of carbonyl (C=O) groups is 2. The van der Waals surface area contributed by atoms with E-state index in [4.69, 9.17) is 10.5 Å². The second-order valence-corrected chi connectivity index (χ2v) is 10.7. The molecule has 0 bridgehead atoms. The molecule has 3 aromatic rings. The minimum Gasteiger partial charge on any atom is -0.448 e. The number of benzene rings is 2. The largest absolute Gasteiger partial charge is 0.448 e. The minimum absolute atomic E-state index is 0.256. The van der Waals surface area contributed by atoms with E-state index < -0.39 is 18.1 Å². The van der Waals surface area contributed by atoms with E-state index in [2.05, 4.69) is 9.59 Å². The maximum Gasteiger partial charge on any atom is 0.356 e. The van der Waals surface area contributed by atoms with Gasteiger partial charge in [-0.15, -0.1) is 16.9 Å². The van der Waals surface area contributed by atoms with Gasteiger partial charge in [0.2, 0.25) is 5.91 Å². The predicted octanol–water partition coefficient (Wildman–Crippen LogP) is 3.97. The summed E-state index contributed by atoms with van der Waals surface area (Å²) in [6.07, 6.45) is 2.92. The van der Waals surface area contributed by atoms with Gasteiger partial charge < -0.3 is 10.5 Å². The first-order chi connectivity index (χ1) is 16.6. The summed E-state index contributed by atoms with van der Waals surface area (Å²) in [5, 5.41) is 5.43. The van der Waals surface area contributed by atoms with Crippen molar-refractivity contribution in [2.45, 2.75) is 21.7 Å². The van der Waals surface area contributed by atoms with Gasteiger partial charge in [-0.25, -0.2) is 4.79 Å². The second kappa shape index (κ2) is 10.1. The van der Waals surface area contributed by atoms with Crippen molar-refractivity contribution in [1.82, 2.24) is 14.5 Å². The summed E-state index contributed by atoms with van der Waals surface area (Å²) in [6.45, 7) is 0. The summed E-state index contributed by atoms with van der Waals surface area (Å²) >= 11 is 4.29. The molecule has 2 aromatic carbocycles. The van der Waals surface area contributed by atoms with E-state index in [1.807, 2.05) is 72.1 Å². The molecule has 0 spiro atoms. The molecule has 1 saturated heterocycles. The lowest BCUT2D eigenvalue weighted by Crippen LogP contribution is -2.68. The molecule has 3 heterocycles. The maximum absolute atomic E-state index is 13.6. The maximum atomic E-state index is 13.6. The average molecular weight is 509 g/mol. The smallest absolute Gasteiger partial charge is 0.356 e. The Morgan fingerprint density at radius 2 is 1.82 bits per heavy atom. The van der Waals surface area contributed by atoms with Crippen molar-refractivity contribution in [3.8, 4) is 0 Å². The van der Waals surface area contributed by atoms with Gasteiger partial charge in [0, 0.05) is 5.75 Å². The molecule has 0 unspecified atom stereocenters. The summed E-state index contributed by atoms with van der Waals surface area (Å²) < 4.78 is 10.9. The van der Waals surface area contributed by atoms with Gasteiger partial charge in [0.1, 0.15) is 21.3 Å². The number of hydrogen-bond donors (Lipinski definition) is 1. The lowest BCUT2D eigenvalue weighted by atomic mass is 10.0. The number of aromatic nitrogens is 2. The van der Waals surface area contributed by atoms with Crippen LogP contribution in [0.15, 0.2) is 93.8 Å². The van der Waals surface area contributed by atoms with Crippen molar-refractivity contribution in [1.29, 1.82) is 0 Å². The molecular formula is C24H20N4O3S3. The molecule has 2 aliphatic heterocycles. The Hall–Kier alpha value is -2.92. The number of thioether (sulfide) groups is 2. The fourth-order valence-corrected chi connectivity index (χ4v) is 6.24. The van der Waals surface area contributed by atoms with Crippen LogP contribution < -0.4 is 5.73 Å². The van der Waals surface area contributed by atoms with Crippen LogP contribution in [0.2, 0.25) is 0 Å². The van der Waals surface area contributed by atoms with Crippen molar-refractivity contribution in [2.24, 2.45) is 5.73 Å². The highest BCUT2D eigenvalue weighted by atomic mass is 32.2. The third kappa shape index (κ3) is 4.54. The summed E-state index contributed by atoms with van der Waals surface area (Å²) in [5.41, 5.74) is 8.68. The topological polar surface area (TPSA) is 98.4 Å². The van der Waals surface area contributed by atoms with Crippen molar-refractivity contribution >= 4 is 46.9 Å². The van der Waals surface area contributed by atoms with Gasteiger partial charge in [0.15, 0.2) is 6.10 Å². The fourth-order valence-electron chi connectivity index (χ4n) is 3.80. The predicted molar refractivity (Wildman–Crippen MR) is 134 cm³/mol. The number of ether oxygens (including phenoxy) is 1. The van der Waals surface area contributed by atoms with E-state index in [-0.39, 0.29) is 17.0 Å². The summed E-state index contributed by atoms with van der Waals surface area (Å²) in [7, 11) is 0. The van der Waals surface area contributed by atoms with Crippen LogP contribution in [0.4, 0.5) is 0 Å². The number of fused-ring (bicyclic) bond motifs is 1. The number of esters is 1. The average Bonchev–Trinajstić information content (AvgIpc) is 3.41. The van der Waals surface area contributed by atoms with Crippen molar-refractivity contribution in [2.75, 3.05) is 5.75 Å². The number of β-lactam (4-membered cyclic amide) rings is 1. The molecule has 0 radical (unpaired) electrons. The lowest BCUT2D eigenvalue weighted by molar-refractivity contribution is -0.153. The van der Waals surface area contributed by atoms with E-state index in [0.717, 1.165) is 20.9 Å². The number of allylic oxidation sites excluding steroid dienone is 1. The Balaban J connectivity index is 1.47. The number of amides is 1. The quantitative estimate of drug-likeness (QED) is 0.291. The Morgan fingerprint density at radius 3 is 2.44 bits per heavy atom. The van der Waals surface area contributed by atoms with Gasteiger partial charge >= 0.3 is 5.97 Å². The monoisotopic (exact) mass is 508 g/mol. The van der Waals surface area contributed by atoms with Crippen molar-refractivity contribution in [3.05, 3.63) is 101 Å². The number of rotatable bonds is 7. The molecule has 2 aliphatic rings. The van der Waals surface area contributed by atoms with Gasteiger partial charge in [0.25, 0.3) is 0 Å². The van der Waals surface area contributed by atoms with Crippen LogP contribution in [0.1, 0.15) is 17.2 Å². The number of carbonyl (C=O) groups excluding carboxylic acids is 2. The van der Waals surface area contributed by atoms with E-state index >= 15 is 0 Å². The minimum atomic E-state index is -0.616. The summed E-state index contributed by atoms with van der Waals surface area (Å²) in [5.74, 6) is -0.274. The molecular weight excluding hydrogens is 488 g/mol. The Morgan fingerprint density at radius 1 is 1.15 bits per heavy atom. The highest BCUT2D eigenvalue weighted by Gasteiger charge is 2.52. The molecule has 7 nitrogen and oxygen atoms in total. The third-order valence-electron chi connectivity index (χ3n) is 5.46. The number of nitrogens with two attached hydrogens (primary N) is 1. The standard InChI is InChI=1S/C24H20N4O3S3/c25-19-22(29)28-20(17(14-33-23(19)28)11-12-32-18-13-26-27-34-18)24(30)31-21(15-7-3-1-4-8-15)16-9-5-2-6-10-16/h1-13,19,21,23H,14,25H2/b12-11+/t19-,23-/m1/s1. The first-order valence-corrected chi connectivity index (χ1v) is 13.2. The Kier molecular flexibility index (Phi) is 6.82. The first-order valence-electron chi connectivity index (χ1n) is 10.5. The molecule has 2 N–H and O–H groups in total. The van der Waals surface area contributed by atoms with Crippen LogP contribution in [0.3, 0.4) is 0 Å². The first kappa shape index (κ1) is 22.9. The molecule has 1 amide bonds. The molecule has 0 aliphatic carbocycles. The molecule has 1 aromatic heterocycles. The molecule has 10 heteroatoms. The Labute approximate surface area is 209 Å². The van der Waals surface area contributed by atoms with Crippen molar-refractivity contribution in [3.63, 3.8) is 0 Å². The molecule has 5 rings (SSSR count). The summed E-state index contributed by atoms with van der Waals surface area (Å²) in [6, 6.07) is 18.5. The highest BCUT2D eigenvalue weighted by molar-refractivity contribution is 8.03. The van der Waals surface area contributed by atoms with E-state index in [1.165, 1.54) is 28.2 Å². The zero-order valence-electron chi connectivity index (χ0n) is 17.8. The zero-order chi connectivity index (χ0) is 23.5. The molecule has 2 atom stereocenters. The van der Waals surface area contributed by atoms with Gasteiger partial charge in [-0.1, -0.05) is 76.9 Å². The van der Waals surface area contributed by atoms with Crippen molar-refractivity contribution < 1.29 is 14.3 Å². The zero-order valence-corrected chi connectivity index (χ0v) is 20.3. The highest BCUT2D eigenvalue weighted by Crippen LogP contribution is 2.41. The lowest BCUT2D eigenvalue weighted by Gasteiger charge is -2.48. The van der Waals surface area contributed by atoms with Gasteiger partial charge in [-0.05, 0) is 39.7 Å². The van der Waals surface area contributed by atoms with Crippen LogP contribution in [0.25, 0.3) is 0 Å². The molecule has 172 valence electrons.